The van der Waals surface area contributed by atoms with Crippen LogP contribution in [0.15, 0.2) is 12.2 Å². The fourth-order valence-electron chi connectivity index (χ4n) is 1.86. The summed E-state index contributed by atoms with van der Waals surface area (Å²) in [6.45, 7) is 3.75. The molecule has 1 rings (SSSR count). The highest BCUT2D eigenvalue weighted by Gasteiger charge is 2.20. The molecule has 0 aromatic carbocycles. The number of carbonyl (C=O) groups is 2. The Morgan fingerprint density at radius 2 is 2.06 bits per heavy atom. The molecular weight excluding hydrogens is 206 g/mol. The van der Waals surface area contributed by atoms with Crippen LogP contribution in [0.3, 0.4) is 0 Å². The molecule has 2 amide bonds. The molecule has 0 atom stereocenters. The van der Waals surface area contributed by atoms with E-state index in [0.29, 0.717) is 6.54 Å². The lowest BCUT2D eigenvalue weighted by Crippen LogP contribution is -2.46. The molecule has 16 heavy (non-hydrogen) atoms. The zero-order valence-electron chi connectivity index (χ0n) is 9.61. The third kappa shape index (κ3) is 4.44. The summed E-state index contributed by atoms with van der Waals surface area (Å²) in [5.41, 5.74) is 5.12. The number of nitrogens with one attached hydrogen (secondary N) is 1. The zero-order valence-corrected chi connectivity index (χ0v) is 9.61. The van der Waals surface area contributed by atoms with Crippen LogP contribution < -0.4 is 11.1 Å². The smallest absolute Gasteiger partial charge is 0.243 e. The summed E-state index contributed by atoms with van der Waals surface area (Å²) in [5, 5.41) is 2.93. The maximum absolute atomic E-state index is 11.3. The van der Waals surface area contributed by atoms with E-state index in [2.05, 4.69) is 5.32 Å². The average molecular weight is 225 g/mol. The molecule has 90 valence electrons. The minimum absolute atomic E-state index is 0.0455. The Morgan fingerprint density at radius 1 is 1.44 bits per heavy atom. The second-order valence-corrected chi connectivity index (χ2v) is 4.03. The maximum atomic E-state index is 11.3. The number of hydrogen-bond acceptors (Lipinski definition) is 3. The van der Waals surface area contributed by atoms with Crippen molar-refractivity contribution in [2.45, 2.75) is 25.8 Å². The molecule has 0 radical (unpaired) electrons. The fourth-order valence-corrected chi connectivity index (χ4v) is 1.86. The molecular formula is C11H19N3O2. The lowest BCUT2D eigenvalue weighted by Gasteiger charge is -2.31. The van der Waals surface area contributed by atoms with Gasteiger partial charge in [0, 0.05) is 19.1 Å². The number of primary amides is 1. The van der Waals surface area contributed by atoms with Crippen molar-refractivity contribution in [3.63, 3.8) is 0 Å². The van der Waals surface area contributed by atoms with Crippen molar-refractivity contribution in [3.8, 4) is 0 Å². The van der Waals surface area contributed by atoms with E-state index in [4.69, 9.17) is 5.73 Å². The third-order valence-electron chi connectivity index (χ3n) is 2.63. The number of rotatable bonds is 4. The summed E-state index contributed by atoms with van der Waals surface area (Å²) < 4.78 is 0. The SMILES string of the molecule is CC=CC(=O)NC1CCN(CC(N)=O)CC1. The van der Waals surface area contributed by atoms with Gasteiger partial charge in [-0.2, -0.15) is 0 Å². The summed E-state index contributed by atoms with van der Waals surface area (Å²) in [6, 6.07) is 0.216. The minimum Gasteiger partial charge on any atom is -0.369 e. The van der Waals surface area contributed by atoms with Crippen molar-refractivity contribution in [2.75, 3.05) is 19.6 Å². The predicted molar refractivity (Wildman–Crippen MR) is 61.6 cm³/mol. The predicted octanol–water partition coefficient (Wildman–Crippen LogP) is -0.372. The van der Waals surface area contributed by atoms with Gasteiger partial charge in [0.2, 0.25) is 11.8 Å². The van der Waals surface area contributed by atoms with E-state index in [0.717, 1.165) is 25.9 Å². The number of carbonyl (C=O) groups excluding carboxylic acids is 2. The second kappa shape index (κ2) is 6.27. The Kier molecular flexibility index (Phi) is 4.98. The van der Waals surface area contributed by atoms with E-state index in [9.17, 15) is 9.59 Å². The Morgan fingerprint density at radius 3 is 2.56 bits per heavy atom. The van der Waals surface area contributed by atoms with Crippen molar-refractivity contribution in [2.24, 2.45) is 5.73 Å². The van der Waals surface area contributed by atoms with Gasteiger partial charge in [-0.05, 0) is 25.8 Å². The lowest BCUT2D eigenvalue weighted by atomic mass is 10.1. The highest BCUT2D eigenvalue weighted by Crippen LogP contribution is 2.09. The standard InChI is InChI=1S/C11H19N3O2/c1-2-3-11(16)13-9-4-6-14(7-5-9)8-10(12)15/h2-3,9H,4-8H2,1H3,(H2,12,15)(H,13,16). The first-order valence-electron chi connectivity index (χ1n) is 5.55. The molecule has 1 saturated heterocycles. The number of likely N-dealkylation sites (tertiary alicyclic amines) is 1. The van der Waals surface area contributed by atoms with Crippen LogP contribution in [0.1, 0.15) is 19.8 Å². The molecule has 5 nitrogen and oxygen atoms in total. The number of nitrogens with two attached hydrogens (primary N) is 1. The van der Waals surface area contributed by atoms with Gasteiger partial charge in [0.15, 0.2) is 0 Å². The second-order valence-electron chi connectivity index (χ2n) is 4.03. The monoisotopic (exact) mass is 225 g/mol. The average Bonchev–Trinajstić information content (AvgIpc) is 2.20. The van der Waals surface area contributed by atoms with Gasteiger partial charge in [0.25, 0.3) is 0 Å². The van der Waals surface area contributed by atoms with E-state index in [1.807, 2.05) is 11.8 Å². The molecule has 1 heterocycles. The summed E-state index contributed by atoms with van der Waals surface area (Å²) in [5.74, 6) is -0.341. The number of amides is 2. The molecule has 3 N–H and O–H groups in total. The summed E-state index contributed by atoms with van der Waals surface area (Å²) >= 11 is 0. The molecule has 1 fully saturated rings. The van der Waals surface area contributed by atoms with Crippen LogP contribution in [0.2, 0.25) is 0 Å². The van der Waals surface area contributed by atoms with E-state index in [1.165, 1.54) is 6.08 Å². The zero-order chi connectivity index (χ0) is 12.0. The molecule has 0 spiro atoms. The van der Waals surface area contributed by atoms with Crippen LogP contribution in [0.4, 0.5) is 0 Å². The number of hydrogen-bond donors (Lipinski definition) is 2. The maximum Gasteiger partial charge on any atom is 0.243 e. The van der Waals surface area contributed by atoms with Crippen LogP contribution in [-0.2, 0) is 9.59 Å². The topological polar surface area (TPSA) is 75.4 Å². The molecule has 1 aliphatic rings. The molecule has 0 saturated carbocycles. The van der Waals surface area contributed by atoms with Crippen molar-refractivity contribution >= 4 is 11.8 Å². The fraction of sp³-hybridized carbons (Fsp3) is 0.636. The van der Waals surface area contributed by atoms with E-state index in [1.54, 1.807) is 6.08 Å². The number of allylic oxidation sites excluding steroid dienone is 1. The van der Waals surface area contributed by atoms with E-state index < -0.39 is 0 Å². The first kappa shape index (κ1) is 12.7. The van der Waals surface area contributed by atoms with Crippen molar-refractivity contribution in [3.05, 3.63) is 12.2 Å². The molecule has 0 aromatic rings. The van der Waals surface area contributed by atoms with Crippen molar-refractivity contribution in [1.29, 1.82) is 0 Å². The molecule has 5 heteroatoms. The Labute approximate surface area is 95.7 Å². The third-order valence-corrected chi connectivity index (χ3v) is 2.63. The van der Waals surface area contributed by atoms with Crippen LogP contribution in [0.25, 0.3) is 0 Å². The Hall–Kier alpha value is -1.36. The molecule has 1 aliphatic heterocycles. The van der Waals surface area contributed by atoms with Crippen LogP contribution in [0, 0.1) is 0 Å². The van der Waals surface area contributed by atoms with Crippen LogP contribution >= 0.6 is 0 Å². The summed E-state index contributed by atoms with van der Waals surface area (Å²) in [4.78, 5) is 24.0. The lowest BCUT2D eigenvalue weighted by molar-refractivity contribution is -0.120. The summed E-state index contributed by atoms with van der Waals surface area (Å²) in [7, 11) is 0. The van der Waals surface area contributed by atoms with Crippen molar-refractivity contribution < 1.29 is 9.59 Å². The van der Waals surface area contributed by atoms with Gasteiger partial charge in [-0.15, -0.1) is 0 Å². The normalized spacial score (nSPS) is 18.8. The molecule has 0 aliphatic carbocycles. The van der Waals surface area contributed by atoms with Crippen LogP contribution in [0.5, 0.6) is 0 Å². The van der Waals surface area contributed by atoms with Gasteiger partial charge >= 0.3 is 0 Å². The van der Waals surface area contributed by atoms with E-state index in [-0.39, 0.29) is 17.9 Å². The van der Waals surface area contributed by atoms with Crippen molar-refractivity contribution in [1.82, 2.24) is 10.2 Å². The van der Waals surface area contributed by atoms with Crippen LogP contribution in [-0.4, -0.2) is 42.4 Å². The molecule has 0 aromatic heterocycles. The van der Waals surface area contributed by atoms with Gasteiger partial charge in [-0.1, -0.05) is 6.08 Å². The highest BCUT2D eigenvalue weighted by atomic mass is 16.2. The quantitative estimate of drug-likeness (QED) is 0.641. The van der Waals surface area contributed by atoms with Gasteiger partial charge in [-0.25, -0.2) is 0 Å². The highest BCUT2D eigenvalue weighted by molar-refractivity contribution is 5.87. The number of nitrogens with zero attached hydrogens (tertiary/aromatic N) is 1. The molecule has 0 bridgehead atoms. The van der Waals surface area contributed by atoms with Gasteiger partial charge < -0.3 is 11.1 Å². The van der Waals surface area contributed by atoms with Gasteiger partial charge in [0.1, 0.15) is 0 Å². The first-order chi connectivity index (χ1) is 7.61. The summed E-state index contributed by atoms with van der Waals surface area (Å²) in [6.07, 6.45) is 4.99. The minimum atomic E-state index is -0.295. The molecule has 0 unspecified atom stereocenters. The largest absolute Gasteiger partial charge is 0.369 e. The van der Waals surface area contributed by atoms with Gasteiger partial charge in [-0.3, -0.25) is 14.5 Å². The Bertz CT molecular complexity index is 281. The number of piperidine rings is 1. The van der Waals surface area contributed by atoms with E-state index >= 15 is 0 Å². The first-order valence-corrected chi connectivity index (χ1v) is 5.55. The van der Waals surface area contributed by atoms with Gasteiger partial charge in [0.05, 0.1) is 6.54 Å². The Balaban J connectivity index is 2.26.